The number of rotatable bonds is 6. The maximum absolute atomic E-state index is 13.2. The van der Waals surface area contributed by atoms with Crippen LogP contribution in [0.5, 0.6) is 0 Å². The van der Waals surface area contributed by atoms with Crippen molar-refractivity contribution in [3.63, 3.8) is 0 Å². The summed E-state index contributed by atoms with van der Waals surface area (Å²) < 4.78 is 27.9. The lowest BCUT2D eigenvalue weighted by Gasteiger charge is -2.28. The number of nitrogens with zero attached hydrogens (tertiary/aromatic N) is 2. The second-order valence-corrected chi connectivity index (χ2v) is 9.37. The minimum atomic E-state index is -3.69. The SMILES string of the molecule is CCCCN(C)C(=O)c1sccc1S(=O)(=O)N1CCc2ccccc2C1. The summed E-state index contributed by atoms with van der Waals surface area (Å²) in [6, 6.07) is 9.47. The molecule has 0 unspecified atom stereocenters. The first-order chi connectivity index (χ1) is 12.4. The Kier molecular flexibility index (Phi) is 5.79. The van der Waals surface area contributed by atoms with Crippen LogP contribution < -0.4 is 0 Å². The fraction of sp³-hybridized carbons (Fsp3) is 0.421. The van der Waals surface area contributed by atoms with E-state index in [2.05, 4.69) is 6.92 Å². The van der Waals surface area contributed by atoms with Crippen LogP contribution in [0.2, 0.25) is 0 Å². The summed E-state index contributed by atoms with van der Waals surface area (Å²) >= 11 is 1.20. The Balaban J connectivity index is 1.85. The van der Waals surface area contributed by atoms with Gasteiger partial charge in [-0.1, -0.05) is 37.6 Å². The lowest BCUT2D eigenvalue weighted by atomic mass is 10.0. The monoisotopic (exact) mass is 392 g/mol. The van der Waals surface area contributed by atoms with E-state index in [4.69, 9.17) is 0 Å². The fourth-order valence-corrected chi connectivity index (χ4v) is 5.95. The lowest BCUT2D eigenvalue weighted by molar-refractivity contribution is 0.0794. The van der Waals surface area contributed by atoms with Crippen LogP contribution >= 0.6 is 11.3 Å². The quantitative estimate of drug-likeness (QED) is 0.757. The van der Waals surface area contributed by atoms with Crippen molar-refractivity contribution in [3.05, 3.63) is 51.7 Å². The number of hydrogen-bond acceptors (Lipinski definition) is 4. The maximum Gasteiger partial charge on any atom is 0.265 e. The molecule has 1 amide bonds. The Hall–Kier alpha value is -1.70. The molecule has 140 valence electrons. The zero-order chi connectivity index (χ0) is 18.7. The molecular weight excluding hydrogens is 368 g/mol. The summed E-state index contributed by atoms with van der Waals surface area (Å²) in [5.41, 5.74) is 2.23. The topological polar surface area (TPSA) is 57.7 Å². The second kappa shape index (κ2) is 7.90. The Morgan fingerprint density at radius 1 is 1.23 bits per heavy atom. The summed E-state index contributed by atoms with van der Waals surface area (Å²) in [6.45, 7) is 3.49. The number of hydrogen-bond donors (Lipinski definition) is 0. The van der Waals surface area contributed by atoms with Crippen molar-refractivity contribution in [2.45, 2.75) is 37.6 Å². The van der Waals surface area contributed by atoms with Crippen molar-refractivity contribution >= 4 is 27.3 Å². The molecule has 1 aliphatic heterocycles. The number of amides is 1. The van der Waals surface area contributed by atoms with Gasteiger partial charge in [0, 0.05) is 26.7 Å². The van der Waals surface area contributed by atoms with Gasteiger partial charge < -0.3 is 4.90 Å². The first kappa shape index (κ1) is 19.1. The molecule has 0 saturated carbocycles. The molecule has 0 spiro atoms. The summed E-state index contributed by atoms with van der Waals surface area (Å²) in [4.78, 5) is 14.8. The Morgan fingerprint density at radius 3 is 2.69 bits per heavy atom. The number of unbranched alkanes of at least 4 members (excludes halogenated alkanes) is 1. The summed E-state index contributed by atoms with van der Waals surface area (Å²) in [5.74, 6) is -0.218. The van der Waals surface area contributed by atoms with Gasteiger partial charge in [0.1, 0.15) is 9.77 Å². The lowest BCUT2D eigenvalue weighted by Crippen LogP contribution is -2.37. The highest BCUT2D eigenvalue weighted by Crippen LogP contribution is 2.30. The van der Waals surface area contributed by atoms with Crippen molar-refractivity contribution in [2.24, 2.45) is 0 Å². The average molecular weight is 393 g/mol. The molecule has 3 rings (SSSR count). The van der Waals surface area contributed by atoms with E-state index in [1.165, 1.54) is 21.2 Å². The van der Waals surface area contributed by atoms with Crippen LogP contribution in [-0.2, 0) is 23.0 Å². The predicted molar refractivity (Wildman–Crippen MR) is 104 cm³/mol. The number of carbonyl (C=O) groups excluding carboxylic acids is 1. The average Bonchev–Trinajstić information content (AvgIpc) is 3.15. The third kappa shape index (κ3) is 3.70. The number of benzene rings is 1. The zero-order valence-corrected chi connectivity index (χ0v) is 16.8. The van der Waals surface area contributed by atoms with Gasteiger partial charge in [0.05, 0.1) is 0 Å². The normalized spacial score (nSPS) is 14.8. The van der Waals surface area contributed by atoms with E-state index in [1.807, 2.05) is 24.3 Å². The van der Waals surface area contributed by atoms with E-state index in [0.29, 0.717) is 30.9 Å². The van der Waals surface area contributed by atoms with E-state index in [1.54, 1.807) is 23.4 Å². The molecule has 2 heterocycles. The largest absolute Gasteiger partial charge is 0.341 e. The van der Waals surface area contributed by atoms with Gasteiger partial charge in [0.15, 0.2) is 0 Å². The van der Waals surface area contributed by atoms with Crippen molar-refractivity contribution in [3.8, 4) is 0 Å². The first-order valence-corrected chi connectivity index (χ1v) is 11.2. The maximum atomic E-state index is 13.2. The third-order valence-corrected chi connectivity index (χ3v) is 7.65. The zero-order valence-electron chi connectivity index (χ0n) is 15.1. The van der Waals surface area contributed by atoms with Crippen molar-refractivity contribution < 1.29 is 13.2 Å². The van der Waals surface area contributed by atoms with E-state index >= 15 is 0 Å². The first-order valence-electron chi connectivity index (χ1n) is 8.85. The molecule has 0 aliphatic carbocycles. The molecule has 0 saturated heterocycles. The Bertz CT molecular complexity index is 890. The molecule has 1 aliphatic rings. The second-order valence-electron chi connectivity index (χ2n) is 6.55. The smallest absolute Gasteiger partial charge is 0.265 e. The van der Waals surface area contributed by atoms with Crippen LogP contribution in [0.25, 0.3) is 0 Å². The van der Waals surface area contributed by atoms with Gasteiger partial charge in [-0.2, -0.15) is 4.31 Å². The van der Waals surface area contributed by atoms with Gasteiger partial charge in [-0.05, 0) is 35.4 Å². The highest BCUT2D eigenvalue weighted by molar-refractivity contribution is 7.89. The van der Waals surface area contributed by atoms with Gasteiger partial charge in [0.25, 0.3) is 5.91 Å². The fourth-order valence-electron chi connectivity index (χ4n) is 3.14. The van der Waals surface area contributed by atoms with Gasteiger partial charge >= 0.3 is 0 Å². The van der Waals surface area contributed by atoms with Crippen molar-refractivity contribution in [1.29, 1.82) is 0 Å². The molecule has 0 radical (unpaired) electrons. The molecule has 2 aromatic rings. The van der Waals surface area contributed by atoms with Crippen LogP contribution in [-0.4, -0.2) is 43.7 Å². The molecular formula is C19H24N2O3S2. The predicted octanol–water partition coefficient (Wildman–Crippen LogP) is 3.37. The molecule has 0 bridgehead atoms. The third-order valence-electron chi connectivity index (χ3n) is 4.73. The van der Waals surface area contributed by atoms with Crippen molar-refractivity contribution in [2.75, 3.05) is 20.1 Å². The van der Waals surface area contributed by atoms with E-state index < -0.39 is 10.0 Å². The van der Waals surface area contributed by atoms with E-state index in [9.17, 15) is 13.2 Å². The summed E-state index contributed by atoms with van der Waals surface area (Å²) in [6.07, 6.45) is 2.58. The van der Waals surface area contributed by atoms with E-state index in [0.717, 1.165) is 18.4 Å². The molecule has 1 aromatic carbocycles. The van der Waals surface area contributed by atoms with Gasteiger partial charge in [-0.3, -0.25) is 4.79 Å². The van der Waals surface area contributed by atoms with Crippen LogP contribution in [0.1, 0.15) is 40.6 Å². The highest BCUT2D eigenvalue weighted by atomic mass is 32.2. The van der Waals surface area contributed by atoms with E-state index in [-0.39, 0.29) is 10.8 Å². The summed E-state index contributed by atoms with van der Waals surface area (Å²) in [7, 11) is -1.97. The van der Waals surface area contributed by atoms with Crippen LogP contribution in [0, 0.1) is 0 Å². The summed E-state index contributed by atoms with van der Waals surface area (Å²) in [5, 5.41) is 1.69. The minimum Gasteiger partial charge on any atom is -0.341 e. The molecule has 26 heavy (non-hydrogen) atoms. The number of thiophene rings is 1. The van der Waals surface area contributed by atoms with Gasteiger partial charge in [0.2, 0.25) is 10.0 Å². The Morgan fingerprint density at radius 2 is 1.96 bits per heavy atom. The number of sulfonamides is 1. The van der Waals surface area contributed by atoms with Crippen LogP contribution in [0.3, 0.4) is 0 Å². The molecule has 5 nitrogen and oxygen atoms in total. The Labute approximate surface area is 159 Å². The molecule has 0 atom stereocenters. The number of fused-ring (bicyclic) bond motifs is 1. The molecule has 0 N–H and O–H groups in total. The standard InChI is InChI=1S/C19H24N2O3S2/c1-3-4-11-20(2)19(22)18-17(10-13-25-18)26(23,24)21-12-9-15-7-5-6-8-16(15)14-21/h5-8,10,13H,3-4,9,11-12,14H2,1-2H3. The van der Waals surface area contributed by atoms with Crippen LogP contribution in [0.4, 0.5) is 0 Å². The molecule has 7 heteroatoms. The minimum absolute atomic E-state index is 0.134. The number of carbonyl (C=O) groups is 1. The highest BCUT2D eigenvalue weighted by Gasteiger charge is 2.33. The van der Waals surface area contributed by atoms with Crippen LogP contribution in [0.15, 0.2) is 40.6 Å². The van der Waals surface area contributed by atoms with Gasteiger partial charge in [-0.15, -0.1) is 11.3 Å². The molecule has 1 aromatic heterocycles. The van der Waals surface area contributed by atoms with Gasteiger partial charge in [-0.25, -0.2) is 8.42 Å². The molecule has 0 fully saturated rings. The van der Waals surface area contributed by atoms with Crippen molar-refractivity contribution in [1.82, 2.24) is 9.21 Å².